The molecule has 0 bridgehead atoms. The fourth-order valence-electron chi connectivity index (χ4n) is 1.53. The van der Waals surface area contributed by atoms with Gasteiger partial charge in [0.05, 0.1) is 11.3 Å². The minimum Gasteiger partial charge on any atom is -0.398 e. The number of hydrogen-bond acceptors (Lipinski definition) is 5. The summed E-state index contributed by atoms with van der Waals surface area (Å²) in [5.41, 5.74) is 9.84. The zero-order chi connectivity index (χ0) is 14.5. The Morgan fingerprint density at radius 1 is 1.35 bits per heavy atom. The number of hydrazine groups is 1. The first-order chi connectivity index (χ1) is 9.60. The number of benzene rings is 1. The quantitative estimate of drug-likeness (QED) is 0.265. The van der Waals surface area contributed by atoms with E-state index in [2.05, 4.69) is 10.4 Å². The number of hydrogen-bond donors (Lipinski definition) is 3. The van der Waals surface area contributed by atoms with Gasteiger partial charge in [0.2, 0.25) is 0 Å². The lowest BCUT2D eigenvalue weighted by Crippen LogP contribution is -2.30. The largest absolute Gasteiger partial charge is 0.398 e. The molecule has 5 nitrogen and oxygen atoms in total. The molecule has 0 saturated carbocycles. The number of thioether (sulfide) groups is 1. The van der Waals surface area contributed by atoms with E-state index in [9.17, 15) is 4.79 Å². The molecule has 0 aliphatic heterocycles. The standard InChI is InChI=1S/C13H13ClN4OS/c14-9-2-4-12(11(15)5-9)20-7-10-3-1-8(6-17-10)13(19)18-16/h1-6H,7,15-16H2,(H,18,19). The first-order valence-electron chi connectivity index (χ1n) is 5.74. The highest BCUT2D eigenvalue weighted by molar-refractivity contribution is 7.98. The van der Waals surface area contributed by atoms with Gasteiger partial charge in [-0.05, 0) is 30.3 Å². The molecule has 0 fully saturated rings. The van der Waals surface area contributed by atoms with Crippen LogP contribution in [0.3, 0.4) is 0 Å². The molecular formula is C13H13ClN4OS. The molecular weight excluding hydrogens is 296 g/mol. The number of nitrogens with zero attached hydrogens (tertiary/aromatic N) is 1. The van der Waals surface area contributed by atoms with Crippen LogP contribution in [0.25, 0.3) is 0 Å². The van der Waals surface area contributed by atoms with Gasteiger partial charge < -0.3 is 5.73 Å². The summed E-state index contributed by atoms with van der Waals surface area (Å²) in [6.45, 7) is 0. The Kier molecular flexibility index (Phi) is 4.84. The van der Waals surface area contributed by atoms with Gasteiger partial charge in [-0.3, -0.25) is 15.2 Å². The van der Waals surface area contributed by atoms with Crippen molar-refractivity contribution in [2.24, 2.45) is 5.84 Å². The van der Waals surface area contributed by atoms with Crippen molar-refractivity contribution in [3.05, 3.63) is 52.8 Å². The van der Waals surface area contributed by atoms with Gasteiger partial charge in [-0.25, -0.2) is 5.84 Å². The zero-order valence-electron chi connectivity index (χ0n) is 10.5. The van der Waals surface area contributed by atoms with Crippen molar-refractivity contribution in [1.29, 1.82) is 0 Å². The van der Waals surface area contributed by atoms with Crippen molar-refractivity contribution in [3.8, 4) is 0 Å². The SMILES string of the molecule is NNC(=O)c1ccc(CSc2ccc(Cl)cc2N)nc1. The maximum absolute atomic E-state index is 11.3. The number of nitrogen functional groups attached to an aromatic ring is 2. The number of carbonyl (C=O) groups excluding carboxylic acids is 1. The van der Waals surface area contributed by atoms with Gasteiger partial charge in [0.1, 0.15) is 0 Å². The molecule has 7 heteroatoms. The van der Waals surface area contributed by atoms with Crippen molar-refractivity contribution in [2.45, 2.75) is 10.6 Å². The monoisotopic (exact) mass is 308 g/mol. The Labute approximate surface area is 125 Å². The number of amides is 1. The zero-order valence-corrected chi connectivity index (χ0v) is 12.0. The van der Waals surface area contributed by atoms with E-state index in [1.807, 2.05) is 6.07 Å². The van der Waals surface area contributed by atoms with Crippen LogP contribution < -0.4 is 17.0 Å². The third-order valence-electron chi connectivity index (χ3n) is 2.57. The van der Waals surface area contributed by atoms with E-state index in [0.717, 1.165) is 10.6 Å². The third kappa shape index (κ3) is 3.63. The molecule has 0 aliphatic carbocycles. The maximum Gasteiger partial charge on any atom is 0.266 e. The summed E-state index contributed by atoms with van der Waals surface area (Å²) in [5, 5.41) is 0.613. The highest BCUT2D eigenvalue weighted by Crippen LogP contribution is 2.29. The number of pyridine rings is 1. The molecule has 1 aromatic heterocycles. The van der Waals surface area contributed by atoms with E-state index in [4.69, 9.17) is 23.2 Å². The molecule has 1 amide bonds. The van der Waals surface area contributed by atoms with Gasteiger partial charge in [-0.15, -0.1) is 11.8 Å². The second-order valence-electron chi connectivity index (χ2n) is 3.98. The second kappa shape index (κ2) is 6.60. The van der Waals surface area contributed by atoms with Crippen LogP contribution in [0.5, 0.6) is 0 Å². The fourth-order valence-corrected chi connectivity index (χ4v) is 2.57. The van der Waals surface area contributed by atoms with Crippen LogP contribution in [0, 0.1) is 0 Å². The summed E-state index contributed by atoms with van der Waals surface area (Å²) in [6, 6.07) is 8.84. The Morgan fingerprint density at radius 2 is 2.15 bits per heavy atom. The third-order valence-corrected chi connectivity index (χ3v) is 3.92. The Balaban J connectivity index is 2.02. The molecule has 1 heterocycles. The van der Waals surface area contributed by atoms with Gasteiger partial charge in [-0.1, -0.05) is 11.6 Å². The van der Waals surface area contributed by atoms with E-state index >= 15 is 0 Å². The van der Waals surface area contributed by atoms with Crippen LogP contribution in [0.1, 0.15) is 16.1 Å². The second-order valence-corrected chi connectivity index (χ2v) is 5.44. The predicted octanol–water partition coefficient (Wildman–Crippen LogP) is 2.21. The summed E-state index contributed by atoms with van der Waals surface area (Å²) in [7, 11) is 0. The summed E-state index contributed by atoms with van der Waals surface area (Å²) in [4.78, 5) is 16.4. The van der Waals surface area contributed by atoms with Gasteiger partial charge in [0.15, 0.2) is 0 Å². The topological polar surface area (TPSA) is 94.0 Å². The average Bonchev–Trinajstić information content (AvgIpc) is 2.46. The van der Waals surface area contributed by atoms with Crippen LogP contribution in [0.4, 0.5) is 5.69 Å². The summed E-state index contributed by atoms with van der Waals surface area (Å²) < 4.78 is 0. The molecule has 2 rings (SSSR count). The molecule has 104 valence electrons. The van der Waals surface area contributed by atoms with Crippen molar-refractivity contribution in [2.75, 3.05) is 5.73 Å². The summed E-state index contributed by atoms with van der Waals surface area (Å²) in [5.74, 6) is 5.34. The average molecular weight is 309 g/mol. The molecule has 2 aromatic rings. The van der Waals surface area contributed by atoms with Crippen molar-refractivity contribution >= 4 is 35.0 Å². The minimum absolute atomic E-state index is 0.362. The highest BCUT2D eigenvalue weighted by Gasteiger charge is 2.05. The van der Waals surface area contributed by atoms with Gasteiger partial charge in [-0.2, -0.15) is 0 Å². The number of halogens is 1. The van der Waals surface area contributed by atoms with Gasteiger partial charge in [0.25, 0.3) is 5.91 Å². The molecule has 0 aliphatic rings. The molecule has 0 spiro atoms. The Hall–Kier alpha value is -1.76. The molecule has 1 aromatic carbocycles. The molecule has 0 atom stereocenters. The number of aromatic nitrogens is 1. The Bertz CT molecular complexity index is 618. The van der Waals surface area contributed by atoms with E-state index in [0.29, 0.717) is 22.0 Å². The summed E-state index contributed by atoms with van der Waals surface area (Å²) >= 11 is 7.40. The van der Waals surface area contributed by atoms with Crippen LogP contribution in [0.2, 0.25) is 5.02 Å². The van der Waals surface area contributed by atoms with Crippen LogP contribution in [0.15, 0.2) is 41.4 Å². The van der Waals surface area contributed by atoms with Crippen LogP contribution in [-0.4, -0.2) is 10.9 Å². The van der Waals surface area contributed by atoms with Crippen LogP contribution in [-0.2, 0) is 5.75 Å². The molecule has 5 N–H and O–H groups in total. The maximum atomic E-state index is 11.3. The number of rotatable bonds is 4. The first-order valence-corrected chi connectivity index (χ1v) is 7.10. The smallest absolute Gasteiger partial charge is 0.266 e. The Morgan fingerprint density at radius 3 is 2.75 bits per heavy atom. The molecule has 0 saturated heterocycles. The number of nitrogens with two attached hydrogens (primary N) is 2. The van der Waals surface area contributed by atoms with Gasteiger partial charge in [0, 0.05) is 27.6 Å². The highest BCUT2D eigenvalue weighted by atomic mass is 35.5. The van der Waals surface area contributed by atoms with E-state index < -0.39 is 0 Å². The predicted molar refractivity (Wildman–Crippen MR) is 81.3 cm³/mol. The molecule has 0 radical (unpaired) electrons. The first kappa shape index (κ1) is 14.6. The lowest BCUT2D eigenvalue weighted by Gasteiger charge is -2.06. The van der Waals surface area contributed by atoms with E-state index in [-0.39, 0.29) is 5.91 Å². The van der Waals surface area contributed by atoms with E-state index in [1.165, 1.54) is 6.20 Å². The number of anilines is 1. The molecule has 0 unspecified atom stereocenters. The van der Waals surface area contributed by atoms with Crippen LogP contribution >= 0.6 is 23.4 Å². The van der Waals surface area contributed by atoms with Crippen molar-refractivity contribution in [3.63, 3.8) is 0 Å². The summed E-state index contributed by atoms with van der Waals surface area (Å²) in [6.07, 6.45) is 1.49. The number of nitrogens with one attached hydrogen (secondary N) is 1. The fraction of sp³-hybridized carbons (Fsp3) is 0.0769. The lowest BCUT2D eigenvalue weighted by atomic mass is 10.2. The van der Waals surface area contributed by atoms with Crippen molar-refractivity contribution < 1.29 is 4.79 Å². The van der Waals surface area contributed by atoms with Crippen molar-refractivity contribution in [1.82, 2.24) is 10.4 Å². The normalized spacial score (nSPS) is 10.3. The lowest BCUT2D eigenvalue weighted by molar-refractivity contribution is 0.0953. The van der Waals surface area contributed by atoms with Gasteiger partial charge >= 0.3 is 0 Å². The molecule has 20 heavy (non-hydrogen) atoms. The minimum atomic E-state index is -0.362. The number of carbonyl (C=O) groups is 1. The van der Waals surface area contributed by atoms with E-state index in [1.54, 1.807) is 36.0 Å².